The van der Waals surface area contributed by atoms with E-state index in [1.807, 2.05) is 32.0 Å². The largest absolute Gasteiger partial charge is 0.493 e. The van der Waals surface area contributed by atoms with Crippen LogP contribution in [0.4, 0.5) is 11.6 Å². The molecule has 40 heavy (non-hydrogen) atoms. The summed E-state index contributed by atoms with van der Waals surface area (Å²) in [5.74, 6) is 4.70. The van der Waals surface area contributed by atoms with Gasteiger partial charge in [0, 0.05) is 54.7 Å². The molecule has 6 rings (SSSR count). The molecular weight excluding hydrogens is 508 g/mol. The number of rotatable bonds is 8. The molecule has 1 saturated heterocycles. The van der Waals surface area contributed by atoms with Crippen molar-refractivity contribution in [2.75, 3.05) is 44.1 Å². The van der Waals surface area contributed by atoms with Crippen molar-refractivity contribution in [3.8, 4) is 22.8 Å². The molecule has 3 aromatic heterocycles. The third-order valence-corrected chi connectivity index (χ3v) is 8.39. The highest BCUT2D eigenvalue weighted by molar-refractivity contribution is 5.96. The average Bonchev–Trinajstić information content (AvgIpc) is 3.42. The summed E-state index contributed by atoms with van der Waals surface area (Å²) in [6.45, 7) is 6.54. The van der Waals surface area contributed by atoms with Crippen LogP contribution in [0, 0.1) is 31.6 Å². The number of aryl methyl sites for hydroxylation is 2. The first-order valence-electron chi connectivity index (χ1n) is 13.6. The number of furan rings is 1. The van der Waals surface area contributed by atoms with E-state index >= 15 is 0 Å². The zero-order valence-corrected chi connectivity index (χ0v) is 23.2. The number of nitrogens with zero attached hydrogens (tertiary/aromatic N) is 4. The van der Waals surface area contributed by atoms with Crippen molar-refractivity contribution in [1.29, 1.82) is 0 Å². The lowest BCUT2D eigenvalue weighted by Crippen LogP contribution is -2.45. The molecule has 10 heteroatoms. The number of piperidine rings is 1. The van der Waals surface area contributed by atoms with Crippen LogP contribution >= 0.6 is 0 Å². The summed E-state index contributed by atoms with van der Waals surface area (Å²) in [5.41, 5.74) is 9.34. The number of hydrogen-bond acceptors (Lipinski definition) is 9. The van der Waals surface area contributed by atoms with Gasteiger partial charge in [-0.25, -0.2) is 15.0 Å². The van der Waals surface area contributed by atoms with E-state index in [0.29, 0.717) is 40.8 Å². The Bertz CT molecular complexity index is 1550. The normalized spacial score (nSPS) is 20.1. The zero-order valence-electron chi connectivity index (χ0n) is 23.2. The predicted molar refractivity (Wildman–Crippen MR) is 153 cm³/mol. The van der Waals surface area contributed by atoms with Crippen LogP contribution in [0.2, 0.25) is 0 Å². The Labute approximate surface area is 232 Å². The third-order valence-electron chi connectivity index (χ3n) is 8.39. The lowest BCUT2D eigenvalue weighted by atomic mass is 9.85. The minimum absolute atomic E-state index is 0.324. The van der Waals surface area contributed by atoms with Crippen LogP contribution in [0.1, 0.15) is 34.7 Å². The minimum Gasteiger partial charge on any atom is -0.493 e. The topological polar surface area (TPSA) is 129 Å². The number of carbonyl (C=O) groups is 1. The van der Waals surface area contributed by atoms with Crippen LogP contribution in [0.3, 0.4) is 0 Å². The van der Waals surface area contributed by atoms with Crippen LogP contribution in [0.5, 0.6) is 11.5 Å². The third kappa shape index (κ3) is 4.67. The number of carbonyl (C=O) groups excluding carboxylic acids is 1. The summed E-state index contributed by atoms with van der Waals surface area (Å²) in [5, 5.41) is 4.77. The molecule has 0 spiro atoms. The summed E-state index contributed by atoms with van der Waals surface area (Å²) in [6, 6.07) is 8.06. The Morgan fingerprint density at radius 2 is 1.73 bits per heavy atom. The molecule has 1 aliphatic heterocycles. The van der Waals surface area contributed by atoms with Gasteiger partial charge in [-0.2, -0.15) is 0 Å². The van der Waals surface area contributed by atoms with Crippen molar-refractivity contribution in [1.82, 2.24) is 15.0 Å². The van der Waals surface area contributed by atoms with Gasteiger partial charge in [-0.1, -0.05) is 0 Å². The van der Waals surface area contributed by atoms with E-state index in [2.05, 4.69) is 26.3 Å². The molecule has 1 saturated carbocycles. The Balaban J connectivity index is 1.27. The van der Waals surface area contributed by atoms with Gasteiger partial charge in [0.15, 0.2) is 11.5 Å². The standard InChI is InChI=1S/C30H34N6O4/c1-16-7-21(17(2)40-16)25-9-24(22-8-27(38-3)28(39-4)10-26(22)35-25)32-13-23-18-5-6-19(23)15-36(14-18)30-33-11-20(12-34-30)29(31)37/h7-12,18-19,23H,5-6,13-15H2,1-4H3,(H2,31,37)(H,32,35). The molecule has 2 fully saturated rings. The van der Waals surface area contributed by atoms with E-state index in [9.17, 15) is 4.79 Å². The maximum absolute atomic E-state index is 11.4. The van der Waals surface area contributed by atoms with Crippen molar-refractivity contribution in [3.63, 3.8) is 0 Å². The Kier molecular flexibility index (Phi) is 6.69. The number of fused-ring (bicyclic) bond motifs is 3. The summed E-state index contributed by atoms with van der Waals surface area (Å²) in [7, 11) is 3.28. The molecule has 10 nitrogen and oxygen atoms in total. The van der Waals surface area contributed by atoms with E-state index in [4.69, 9.17) is 24.6 Å². The number of nitrogens with two attached hydrogens (primary N) is 1. The maximum atomic E-state index is 11.4. The zero-order chi connectivity index (χ0) is 28.0. The van der Waals surface area contributed by atoms with E-state index in [1.54, 1.807) is 14.2 Å². The number of anilines is 2. The van der Waals surface area contributed by atoms with Crippen molar-refractivity contribution >= 4 is 28.4 Å². The second kappa shape index (κ2) is 10.3. The smallest absolute Gasteiger partial charge is 0.251 e. The van der Waals surface area contributed by atoms with Crippen LogP contribution in [0.15, 0.2) is 41.1 Å². The lowest BCUT2D eigenvalue weighted by Gasteiger charge is -2.38. The highest BCUT2D eigenvalue weighted by atomic mass is 16.5. The van der Waals surface area contributed by atoms with Crippen molar-refractivity contribution in [3.05, 3.63) is 53.7 Å². The van der Waals surface area contributed by atoms with Gasteiger partial charge in [0.05, 0.1) is 31.0 Å². The van der Waals surface area contributed by atoms with Gasteiger partial charge in [-0.3, -0.25) is 4.79 Å². The number of ether oxygens (including phenoxy) is 2. The monoisotopic (exact) mass is 542 g/mol. The molecule has 3 N–H and O–H groups in total. The summed E-state index contributed by atoms with van der Waals surface area (Å²) < 4.78 is 17.0. The number of primary amides is 1. The number of methoxy groups -OCH3 is 2. The highest BCUT2D eigenvalue weighted by Crippen LogP contribution is 2.43. The van der Waals surface area contributed by atoms with Gasteiger partial charge in [0.1, 0.15) is 11.5 Å². The summed E-state index contributed by atoms with van der Waals surface area (Å²) in [4.78, 5) is 27.4. The number of nitrogens with one attached hydrogen (secondary N) is 1. The Hall–Kier alpha value is -4.34. The fraction of sp³-hybridized carbons (Fsp3) is 0.400. The van der Waals surface area contributed by atoms with Gasteiger partial charge in [0.25, 0.3) is 5.91 Å². The molecule has 2 atom stereocenters. The fourth-order valence-electron chi connectivity index (χ4n) is 6.39. The first-order chi connectivity index (χ1) is 19.3. The van der Waals surface area contributed by atoms with E-state index in [-0.39, 0.29) is 0 Å². The van der Waals surface area contributed by atoms with Crippen LogP contribution in [-0.4, -0.2) is 54.7 Å². The van der Waals surface area contributed by atoms with E-state index < -0.39 is 5.91 Å². The van der Waals surface area contributed by atoms with Crippen LogP contribution in [-0.2, 0) is 0 Å². The molecular formula is C30H34N6O4. The molecule has 2 aliphatic rings. The fourth-order valence-corrected chi connectivity index (χ4v) is 6.39. The second-order valence-corrected chi connectivity index (χ2v) is 10.8. The van der Waals surface area contributed by atoms with Crippen molar-refractivity contribution in [2.24, 2.45) is 23.5 Å². The quantitative estimate of drug-likeness (QED) is 0.328. The molecule has 2 unspecified atom stereocenters. The molecule has 1 aliphatic carbocycles. The van der Waals surface area contributed by atoms with Gasteiger partial charge >= 0.3 is 0 Å². The van der Waals surface area contributed by atoms with E-state index in [1.165, 1.54) is 25.2 Å². The molecule has 1 amide bonds. The number of hydrogen-bond donors (Lipinski definition) is 2. The van der Waals surface area contributed by atoms with Gasteiger partial charge in [-0.05, 0) is 62.6 Å². The molecule has 2 bridgehead atoms. The summed E-state index contributed by atoms with van der Waals surface area (Å²) in [6.07, 6.45) is 5.37. The summed E-state index contributed by atoms with van der Waals surface area (Å²) >= 11 is 0. The van der Waals surface area contributed by atoms with Gasteiger partial charge < -0.3 is 29.8 Å². The number of amides is 1. The molecule has 1 aromatic carbocycles. The number of benzene rings is 1. The van der Waals surface area contributed by atoms with Crippen molar-refractivity contribution < 1.29 is 18.7 Å². The Morgan fingerprint density at radius 1 is 1.05 bits per heavy atom. The first kappa shape index (κ1) is 25.9. The van der Waals surface area contributed by atoms with E-state index in [0.717, 1.165) is 59.0 Å². The predicted octanol–water partition coefficient (Wildman–Crippen LogP) is 4.59. The lowest BCUT2D eigenvalue weighted by molar-refractivity contribution is 0.0999. The first-order valence-corrected chi connectivity index (χ1v) is 13.6. The van der Waals surface area contributed by atoms with Crippen LogP contribution < -0.4 is 25.4 Å². The highest BCUT2D eigenvalue weighted by Gasteiger charge is 2.42. The molecule has 4 aromatic rings. The van der Waals surface area contributed by atoms with Crippen LogP contribution in [0.25, 0.3) is 22.2 Å². The second-order valence-electron chi connectivity index (χ2n) is 10.8. The number of pyridine rings is 1. The molecule has 4 heterocycles. The molecule has 0 radical (unpaired) electrons. The Morgan fingerprint density at radius 3 is 2.33 bits per heavy atom. The minimum atomic E-state index is -0.516. The molecule has 208 valence electrons. The van der Waals surface area contributed by atoms with Crippen molar-refractivity contribution in [2.45, 2.75) is 26.7 Å². The SMILES string of the molecule is COc1cc2nc(-c3cc(C)oc3C)cc(NCC3C4CCC3CN(c3ncc(C(N)=O)cn3)C4)c2cc1OC. The maximum Gasteiger partial charge on any atom is 0.251 e. The average molecular weight is 543 g/mol. The number of aromatic nitrogens is 3. The van der Waals surface area contributed by atoms with Gasteiger partial charge in [-0.15, -0.1) is 0 Å². The van der Waals surface area contributed by atoms with Gasteiger partial charge in [0.2, 0.25) is 5.95 Å².